The topological polar surface area (TPSA) is 42.5 Å². The highest BCUT2D eigenvalue weighted by Crippen LogP contribution is 2.31. The van der Waals surface area contributed by atoms with Gasteiger partial charge in [-0.15, -0.1) is 0 Å². The van der Waals surface area contributed by atoms with Crippen molar-refractivity contribution >= 4 is 17.3 Å². The molecule has 0 amide bonds. The van der Waals surface area contributed by atoms with E-state index in [1.165, 1.54) is 0 Å². The highest BCUT2D eigenvalue weighted by Gasteiger charge is 2.34. The average Bonchev–Trinajstić information content (AvgIpc) is 2.47. The third-order valence-electron chi connectivity index (χ3n) is 4.07. The molecule has 0 bridgehead atoms. The van der Waals surface area contributed by atoms with Crippen molar-refractivity contribution in [2.45, 2.75) is 64.5 Å². The second kappa shape index (κ2) is 9.53. The third kappa shape index (κ3) is 5.94. The van der Waals surface area contributed by atoms with Crippen LogP contribution in [0.4, 0.5) is 0 Å². The Balaban J connectivity index is 2.24. The molecule has 1 aliphatic rings. The first-order valence-corrected chi connectivity index (χ1v) is 8.32. The van der Waals surface area contributed by atoms with E-state index in [1.54, 1.807) is 0 Å². The van der Waals surface area contributed by atoms with Crippen LogP contribution >= 0.6 is 12.2 Å². The number of hydrogen-bond donors (Lipinski definition) is 2. The van der Waals surface area contributed by atoms with E-state index in [9.17, 15) is 0 Å². The Morgan fingerprint density at radius 2 is 2.10 bits per heavy atom. The molecule has 0 radical (unpaired) electrons. The van der Waals surface area contributed by atoms with Crippen LogP contribution in [0, 0.1) is 0 Å². The number of rotatable bonds is 8. The Morgan fingerprint density at radius 1 is 1.35 bits per heavy atom. The standard InChI is InChI=1S/C15H30N2O2S/c1-4-15(5-2)12-13(8-11-19-15)17-14(20)16-9-7-10-18-6-3/h13H,4-12H2,1-3H3,(H2,16,17,20). The number of ether oxygens (including phenoxy) is 2. The van der Waals surface area contributed by atoms with E-state index >= 15 is 0 Å². The van der Waals surface area contributed by atoms with E-state index in [1.807, 2.05) is 6.92 Å². The maximum atomic E-state index is 5.98. The highest BCUT2D eigenvalue weighted by molar-refractivity contribution is 7.80. The Labute approximate surface area is 129 Å². The van der Waals surface area contributed by atoms with Gasteiger partial charge in [-0.1, -0.05) is 13.8 Å². The number of nitrogens with one attached hydrogen (secondary N) is 2. The van der Waals surface area contributed by atoms with E-state index in [0.29, 0.717) is 6.04 Å². The van der Waals surface area contributed by atoms with E-state index in [-0.39, 0.29) is 5.60 Å². The van der Waals surface area contributed by atoms with Crippen LogP contribution in [0.15, 0.2) is 0 Å². The smallest absolute Gasteiger partial charge is 0.166 e. The molecule has 0 aromatic carbocycles. The average molecular weight is 302 g/mol. The minimum absolute atomic E-state index is 0.0422. The molecule has 0 spiro atoms. The normalized spacial score (nSPS) is 21.4. The molecule has 20 heavy (non-hydrogen) atoms. The van der Waals surface area contributed by atoms with Crippen LogP contribution in [0.25, 0.3) is 0 Å². The summed E-state index contributed by atoms with van der Waals surface area (Å²) in [4.78, 5) is 0. The Kier molecular flexibility index (Phi) is 8.41. The summed E-state index contributed by atoms with van der Waals surface area (Å²) in [5, 5.41) is 7.44. The van der Waals surface area contributed by atoms with Gasteiger partial charge in [-0.3, -0.25) is 0 Å². The molecule has 0 aromatic heterocycles. The van der Waals surface area contributed by atoms with Crippen LogP contribution < -0.4 is 10.6 Å². The first kappa shape index (κ1) is 17.7. The van der Waals surface area contributed by atoms with Crippen LogP contribution in [0.5, 0.6) is 0 Å². The Hall–Kier alpha value is -0.390. The lowest BCUT2D eigenvalue weighted by Gasteiger charge is -2.40. The summed E-state index contributed by atoms with van der Waals surface area (Å²) in [6.07, 6.45) is 5.19. The van der Waals surface area contributed by atoms with Gasteiger partial charge in [-0.25, -0.2) is 0 Å². The monoisotopic (exact) mass is 302 g/mol. The summed E-state index contributed by atoms with van der Waals surface area (Å²) < 4.78 is 11.3. The lowest BCUT2D eigenvalue weighted by Crippen LogP contribution is -2.50. The van der Waals surface area contributed by atoms with E-state index in [2.05, 4.69) is 24.5 Å². The fourth-order valence-electron chi connectivity index (χ4n) is 2.65. The summed E-state index contributed by atoms with van der Waals surface area (Å²) in [7, 11) is 0. The minimum Gasteiger partial charge on any atom is -0.382 e. The molecule has 0 aliphatic carbocycles. The molecule has 1 saturated heterocycles. The van der Waals surface area contributed by atoms with Gasteiger partial charge in [-0.2, -0.15) is 0 Å². The molecule has 0 saturated carbocycles. The quantitative estimate of drug-likeness (QED) is 0.533. The van der Waals surface area contributed by atoms with Crippen LogP contribution in [-0.4, -0.2) is 43.1 Å². The lowest BCUT2D eigenvalue weighted by atomic mass is 9.86. The molecule has 1 aliphatic heterocycles. The van der Waals surface area contributed by atoms with Crippen LogP contribution in [0.2, 0.25) is 0 Å². The molecule has 0 aromatic rings. The summed E-state index contributed by atoms with van der Waals surface area (Å²) in [5.41, 5.74) is 0.0422. The first-order chi connectivity index (χ1) is 9.65. The van der Waals surface area contributed by atoms with Gasteiger partial charge >= 0.3 is 0 Å². The maximum Gasteiger partial charge on any atom is 0.166 e. The predicted molar refractivity (Wildman–Crippen MR) is 87.1 cm³/mol. The van der Waals surface area contributed by atoms with Crippen LogP contribution in [0.3, 0.4) is 0 Å². The molecule has 4 nitrogen and oxygen atoms in total. The molecule has 2 N–H and O–H groups in total. The SMILES string of the molecule is CCOCCCNC(=S)NC1CCOC(CC)(CC)C1. The van der Waals surface area contributed by atoms with Crippen molar-refractivity contribution in [1.29, 1.82) is 0 Å². The highest BCUT2D eigenvalue weighted by atomic mass is 32.1. The second-order valence-corrected chi connectivity index (χ2v) is 5.79. The molecular weight excluding hydrogens is 272 g/mol. The van der Waals surface area contributed by atoms with Gasteiger partial charge in [0, 0.05) is 32.4 Å². The van der Waals surface area contributed by atoms with Gasteiger partial charge in [0.1, 0.15) is 0 Å². The van der Waals surface area contributed by atoms with Crippen molar-refractivity contribution in [2.75, 3.05) is 26.4 Å². The molecule has 1 fully saturated rings. The summed E-state index contributed by atoms with van der Waals surface area (Å²) in [6, 6.07) is 0.426. The second-order valence-electron chi connectivity index (χ2n) is 5.38. The minimum atomic E-state index is 0.0422. The molecule has 118 valence electrons. The van der Waals surface area contributed by atoms with Gasteiger partial charge in [0.25, 0.3) is 0 Å². The van der Waals surface area contributed by atoms with Crippen molar-refractivity contribution in [3.05, 3.63) is 0 Å². The van der Waals surface area contributed by atoms with Gasteiger partial charge in [0.15, 0.2) is 5.11 Å². The summed E-state index contributed by atoms with van der Waals surface area (Å²) in [6.45, 7) is 9.68. The number of thiocarbonyl (C=S) groups is 1. The zero-order valence-electron chi connectivity index (χ0n) is 13.2. The van der Waals surface area contributed by atoms with Gasteiger partial charge in [0.05, 0.1) is 5.60 Å². The zero-order valence-corrected chi connectivity index (χ0v) is 14.0. The fraction of sp³-hybridized carbons (Fsp3) is 0.933. The zero-order chi connectivity index (χ0) is 14.8. The Bertz CT molecular complexity index is 283. The summed E-state index contributed by atoms with van der Waals surface area (Å²) >= 11 is 5.36. The van der Waals surface area contributed by atoms with Gasteiger partial charge in [0.2, 0.25) is 0 Å². The van der Waals surface area contributed by atoms with Crippen molar-refractivity contribution in [3.8, 4) is 0 Å². The van der Waals surface area contributed by atoms with Crippen LogP contribution in [0.1, 0.15) is 52.9 Å². The molecule has 1 atom stereocenters. The van der Waals surface area contributed by atoms with Crippen molar-refractivity contribution < 1.29 is 9.47 Å². The maximum absolute atomic E-state index is 5.98. The number of hydrogen-bond acceptors (Lipinski definition) is 3. The van der Waals surface area contributed by atoms with Crippen molar-refractivity contribution in [2.24, 2.45) is 0 Å². The lowest BCUT2D eigenvalue weighted by molar-refractivity contribution is -0.0910. The third-order valence-corrected chi connectivity index (χ3v) is 4.33. The van der Waals surface area contributed by atoms with Gasteiger partial charge in [-0.05, 0) is 51.2 Å². The largest absolute Gasteiger partial charge is 0.382 e. The van der Waals surface area contributed by atoms with Gasteiger partial charge < -0.3 is 20.1 Å². The van der Waals surface area contributed by atoms with E-state index in [0.717, 1.165) is 63.6 Å². The first-order valence-electron chi connectivity index (χ1n) is 7.91. The molecule has 1 heterocycles. The molecular formula is C15H30N2O2S. The molecule has 5 heteroatoms. The summed E-state index contributed by atoms with van der Waals surface area (Å²) in [5.74, 6) is 0. The molecule has 1 rings (SSSR count). The van der Waals surface area contributed by atoms with E-state index < -0.39 is 0 Å². The van der Waals surface area contributed by atoms with Crippen molar-refractivity contribution in [1.82, 2.24) is 10.6 Å². The predicted octanol–water partition coefficient (Wildman–Crippen LogP) is 2.61. The van der Waals surface area contributed by atoms with Crippen LogP contribution in [-0.2, 0) is 9.47 Å². The Morgan fingerprint density at radius 3 is 2.75 bits per heavy atom. The molecule has 1 unspecified atom stereocenters. The van der Waals surface area contributed by atoms with Crippen molar-refractivity contribution in [3.63, 3.8) is 0 Å². The fourth-order valence-corrected chi connectivity index (χ4v) is 2.92. The van der Waals surface area contributed by atoms with E-state index in [4.69, 9.17) is 21.7 Å².